The third-order valence-electron chi connectivity index (χ3n) is 4.18. The van der Waals surface area contributed by atoms with Crippen molar-refractivity contribution >= 4 is 5.96 Å². The summed E-state index contributed by atoms with van der Waals surface area (Å²) in [6.07, 6.45) is 5.49. The van der Waals surface area contributed by atoms with Gasteiger partial charge in [0.2, 0.25) is 0 Å². The van der Waals surface area contributed by atoms with Crippen molar-refractivity contribution < 1.29 is 9.47 Å². The molecule has 1 N–H and O–H groups in total. The number of benzene rings is 1. The van der Waals surface area contributed by atoms with E-state index in [1.165, 1.54) is 11.1 Å². The summed E-state index contributed by atoms with van der Waals surface area (Å²) in [5, 5.41) is 3.40. The minimum absolute atomic E-state index is 0.748. The van der Waals surface area contributed by atoms with Gasteiger partial charge in [0.25, 0.3) is 0 Å². The zero-order chi connectivity index (χ0) is 18.8. The van der Waals surface area contributed by atoms with Gasteiger partial charge < -0.3 is 19.7 Å². The lowest BCUT2D eigenvalue weighted by molar-refractivity contribution is 0.354. The van der Waals surface area contributed by atoms with E-state index in [2.05, 4.69) is 32.3 Å². The van der Waals surface area contributed by atoms with Gasteiger partial charge in [-0.25, -0.2) is 0 Å². The molecule has 2 aromatic rings. The van der Waals surface area contributed by atoms with Crippen LogP contribution in [-0.2, 0) is 12.8 Å². The average Bonchev–Trinajstić information content (AvgIpc) is 2.70. The highest BCUT2D eigenvalue weighted by atomic mass is 16.5. The Kier molecular flexibility index (Phi) is 7.74. The Hall–Kier alpha value is -2.76. The van der Waals surface area contributed by atoms with Crippen LogP contribution in [0.4, 0.5) is 0 Å². The molecule has 0 saturated carbocycles. The maximum Gasteiger partial charge on any atom is 0.193 e. The van der Waals surface area contributed by atoms with Crippen LogP contribution in [0.3, 0.4) is 0 Å². The zero-order valence-corrected chi connectivity index (χ0v) is 16.0. The standard InChI is InChI=1S/C20H28N4O2/c1-21-20(23-12-9-17-6-5-11-22-15-17)24(2)13-10-16-7-8-18(25-3)19(14-16)26-4/h5-8,11,14-15H,9-10,12-13H2,1-4H3,(H,21,23). The van der Waals surface area contributed by atoms with Gasteiger partial charge >= 0.3 is 0 Å². The molecule has 1 aromatic carbocycles. The highest BCUT2D eigenvalue weighted by Crippen LogP contribution is 2.27. The summed E-state index contributed by atoms with van der Waals surface area (Å²) in [5.41, 5.74) is 2.41. The van der Waals surface area contributed by atoms with Crippen molar-refractivity contribution in [2.75, 3.05) is 41.4 Å². The molecule has 0 atom stereocenters. The fourth-order valence-electron chi connectivity index (χ4n) is 2.69. The van der Waals surface area contributed by atoms with E-state index in [1.807, 2.05) is 31.4 Å². The zero-order valence-electron chi connectivity index (χ0n) is 16.0. The smallest absolute Gasteiger partial charge is 0.193 e. The number of aromatic nitrogens is 1. The van der Waals surface area contributed by atoms with Crippen molar-refractivity contribution in [2.45, 2.75) is 12.8 Å². The van der Waals surface area contributed by atoms with Gasteiger partial charge in [-0.1, -0.05) is 12.1 Å². The largest absolute Gasteiger partial charge is 0.493 e. The molecule has 140 valence electrons. The number of rotatable bonds is 8. The van der Waals surface area contributed by atoms with E-state index in [0.717, 1.165) is 43.4 Å². The molecule has 0 spiro atoms. The molecule has 6 nitrogen and oxygen atoms in total. The second-order valence-corrected chi connectivity index (χ2v) is 5.95. The summed E-state index contributed by atoms with van der Waals surface area (Å²) in [6.45, 7) is 1.67. The van der Waals surface area contributed by atoms with Crippen molar-refractivity contribution in [3.05, 3.63) is 53.9 Å². The molecule has 0 aliphatic carbocycles. The first kappa shape index (κ1) is 19.6. The van der Waals surface area contributed by atoms with Gasteiger partial charge in [-0.3, -0.25) is 9.98 Å². The van der Waals surface area contributed by atoms with Crippen molar-refractivity contribution in [3.63, 3.8) is 0 Å². The van der Waals surface area contributed by atoms with Gasteiger partial charge in [0, 0.05) is 39.6 Å². The quantitative estimate of drug-likeness (QED) is 0.581. The van der Waals surface area contributed by atoms with Crippen LogP contribution in [0, 0.1) is 0 Å². The fourth-order valence-corrected chi connectivity index (χ4v) is 2.69. The normalized spacial score (nSPS) is 11.2. The molecule has 0 bridgehead atoms. The van der Waals surface area contributed by atoms with E-state index in [4.69, 9.17) is 9.47 Å². The molecule has 0 aliphatic heterocycles. The summed E-state index contributed by atoms with van der Waals surface area (Å²) >= 11 is 0. The molecular formula is C20H28N4O2. The SMILES string of the molecule is CN=C(NCCc1cccnc1)N(C)CCc1ccc(OC)c(OC)c1. The van der Waals surface area contributed by atoms with Crippen LogP contribution < -0.4 is 14.8 Å². The summed E-state index contributed by atoms with van der Waals surface area (Å²) < 4.78 is 10.7. The number of ether oxygens (including phenoxy) is 2. The Morgan fingerprint density at radius 3 is 2.58 bits per heavy atom. The van der Waals surface area contributed by atoms with Crippen LogP contribution in [0.15, 0.2) is 47.7 Å². The van der Waals surface area contributed by atoms with Gasteiger partial charge in [0.15, 0.2) is 17.5 Å². The molecule has 1 aromatic heterocycles. The molecule has 26 heavy (non-hydrogen) atoms. The molecule has 0 saturated heterocycles. The third kappa shape index (κ3) is 5.65. The van der Waals surface area contributed by atoms with Crippen molar-refractivity contribution in [1.82, 2.24) is 15.2 Å². The second-order valence-electron chi connectivity index (χ2n) is 5.95. The Bertz CT molecular complexity index is 704. The van der Waals surface area contributed by atoms with Gasteiger partial charge in [0.1, 0.15) is 0 Å². The van der Waals surface area contributed by atoms with Gasteiger partial charge in [-0.15, -0.1) is 0 Å². The molecule has 6 heteroatoms. The van der Waals surface area contributed by atoms with E-state index in [0.29, 0.717) is 0 Å². The lowest BCUT2D eigenvalue weighted by atomic mass is 10.1. The van der Waals surface area contributed by atoms with E-state index in [-0.39, 0.29) is 0 Å². The fraction of sp³-hybridized carbons (Fsp3) is 0.400. The topological polar surface area (TPSA) is 59.0 Å². The number of guanidine groups is 1. The number of hydrogen-bond donors (Lipinski definition) is 1. The number of aliphatic imine (C=N–C) groups is 1. The van der Waals surface area contributed by atoms with Gasteiger partial charge in [-0.05, 0) is 42.2 Å². The first-order valence-corrected chi connectivity index (χ1v) is 8.69. The van der Waals surface area contributed by atoms with E-state index in [9.17, 15) is 0 Å². The minimum atomic E-state index is 0.748. The molecule has 2 rings (SSSR count). The molecular weight excluding hydrogens is 328 g/mol. The lowest BCUT2D eigenvalue weighted by Crippen LogP contribution is -2.40. The van der Waals surface area contributed by atoms with Crippen molar-refractivity contribution in [1.29, 1.82) is 0 Å². The van der Waals surface area contributed by atoms with E-state index in [1.54, 1.807) is 27.5 Å². The number of likely N-dealkylation sites (N-methyl/N-ethyl adjacent to an activating group) is 1. The first-order valence-electron chi connectivity index (χ1n) is 8.69. The number of pyridine rings is 1. The molecule has 0 fully saturated rings. The number of hydrogen-bond acceptors (Lipinski definition) is 4. The van der Waals surface area contributed by atoms with E-state index < -0.39 is 0 Å². The van der Waals surface area contributed by atoms with Crippen LogP contribution in [0.5, 0.6) is 11.5 Å². The highest BCUT2D eigenvalue weighted by molar-refractivity contribution is 5.79. The van der Waals surface area contributed by atoms with Crippen LogP contribution in [0.2, 0.25) is 0 Å². The van der Waals surface area contributed by atoms with Crippen LogP contribution in [0.1, 0.15) is 11.1 Å². The maximum atomic E-state index is 5.37. The maximum absolute atomic E-state index is 5.37. The summed E-state index contributed by atoms with van der Waals surface area (Å²) in [7, 11) is 7.15. The molecule has 0 amide bonds. The average molecular weight is 356 g/mol. The Balaban J connectivity index is 1.84. The summed E-state index contributed by atoms with van der Waals surface area (Å²) in [5.74, 6) is 2.39. The van der Waals surface area contributed by atoms with Crippen LogP contribution in [-0.4, -0.2) is 57.2 Å². The van der Waals surface area contributed by atoms with Crippen LogP contribution >= 0.6 is 0 Å². The summed E-state index contributed by atoms with van der Waals surface area (Å²) in [4.78, 5) is 10.6. The first-order chi connectivity index (χ1) is 12.7. The monoisotopic (exact) mass is 356 g/mol. The number of nitrogens with zero attached hydrogens (tertiary/aromatic N) is 3. The molecule has 0 unspecified atom stereocenters. The van der Waals surface area contributed by atoms with Gasteiger partial charge in [-0.2, -0.15) is 0 Å². The predicted octanol–water partition coefficient (Wildman–Crippen LogP) is 2.39. The Morgan fingerprint density at radius 2 is 1.92 bits per heavy atom. The predicted molar refractivity (Wildman–Crippen MR) is 105 cm³/mol. The third-order valence-corrected chi connectivity index (χ3v) is 4.18. The molecule has 0 aliphatic rings. The second kappa shape index (κ2) is 10.3. The molecule has 0 radical (unpaired) electrons. The lowest BCUT2D eigenvalue weighted by Gasteiger charge is -2.22. The number of nitrogens with one attached hydrogen (secondary N) is 1. The number of methoxy groups -OCH3 is 2. The highest BCUT2D eigenvalue weighted by Gasteiger charge is 2.08. The Morgan fingerprint density at radius 1 is 1.12 bits per heavy atom. The minimum Gasteiger partial charge on any atom is -0.493 e. The van der Waals surface area contributed by atoms with Crippen molar-refractivity contribution in [2.24, 2.45) is 4.99 Å². The van der Waals surface area contributed by atoms with Crippen molar-refractivity contribution in [3.8, 4) is 11.5 Å². The Labute approximate surface area is 155 Å². The van der Waals surface area contributed by atoms with Crippen LogP contribution in [0.25, 0.3) is 0 Å². The van der Waals surface area contributed by atoms with E-state index >= 15 is 0 Å². The summed E-state index contributed by atoms with van der Waals surface area (Å²) in [6, 6.07) is 10.1. The van der Waals surface area contributed by atoms with Gasteiger partial charge in [0.05, 0.1) is 14.2 Å². The molecule has 1 heterocycles.